The molecule has 0 unspecified atom stereocenters. The second-order valence-corrected chi connectivity index (χ2v) is 7.32. The Bertz CT molecular complexity index is 1050. The maximum atomic E-state index is 13.1. The first-order valence-corrected chi connectivity index (χ1v) is 10.2. The largest absolute Gasteiger partial charge is 0.493 e. The van der Waals surface area contributed by atoms with Crippen molar-refractivity contribution < 1.29 is 28.6 Å². The Balaban J connectivity index is 2.01. The molecule has 0 bridgehead atoms. The molecular weight excluding hydrogens is 412 g/mol. The number of carbonyl (C=O) groups excluding carboxylic acids is 3. The van der Waals surface area contributed by atoms with E-state index in [1.54, 1.807) is 24.3 Å². The van der Waals surface area contributed by atoms with Gasteiger partial charge in [-0.15, -0.1) is 0 Å². The number of amides is 4. The molecule has 0 aromatic heterocycles. The summed E-state index contributed by atoms with van der Waals surface area (Å²) in [7, 11) is 4.42. The van der Waals surface area contributed by atoms with E-state index in [4.69, 9.17) is 14.2 Å². The van der Waals surface area contributed by atoms with Crippen LogP contribution in [0.2, 0.25) is 0 Å². The molecule has 1 atom stereocenters. The predicted octanol–water partition coefficient (Wildman–Crippen LogP) is 3.89. The maximum absolute atomic E-state index is 13.1. The van der Waals surface area contributed by atoms with Crippen molar-refractivity contribution in [3.63, 3.8) is 0 Å². The van der Waals surface area contributed by atoms with E-state index in [1.165, 1.54) is 27.4 Å². The van der Waals surface area contributed by atoms with Gasteiger partial charge in [0, 0.05) is 0 Å². The van der Waals surface area contributed by atoms with Gasteiger partial charge < -0.3 is 14.2 Å². The van der Waals surface area contributed by atoms with Crippen LogP contribution in [-0.2, 0) is 9.59 Å². The lowest BCUT2D eigenvalue weighted by Gasteiger charge is -2.26. The molecule has 1 saturated heterocycles. The van der Waals surface area contributed by atoms with E-state index < -0.39 is 17.8 Å². The summed E-state index contributed by atoms with van der Waals surface area (Å²) in [6.07, 6.45) is 2.35. The fourth-order valence-electron chi connectivity index (χ4n) is 3.43. The molecule has 2 aromatic rings. The molecule has 3 rings (SSSR count). The van der Waals surface area contributed by atoms with Gasteiger partial charge in [0.15, 0.2) is 11.5 Å². The summed E-state index contributed by atoms with van der Waals surface area (Å²) in [5.41, 5.74) is 1.76. The summed E-state index contributed by atoms with van der Waals surface area (Å²) in [5, 5.41) is 2.23. The smallest absolute Gasteiger partial charge is 0.335 e. The van der Waals surface area contributed by atoms with Crippen molar-refractivity contribution in [2.75, 3.05) is 26.2 Å². The molecule has 0 spiro atoms. The quantitative estimate of drug-likeness (QED) is 0.521. The van der Waals surface area contributed by atoms with Crippen LogP contribution in [0.3, 0.4) is 0 Å². The van der Waals surface area contributed by atoms with Gasteiger partial charge in [-0.1, -0.05) is 26.0 Å². The highest BCUT2D eigenvalue weighted by atomic mass is 16.5. The van der Waals surface area contributed by atoms with Crippen LogP contribution in [0.4, 0.5) is 10.5 Å². The Hall–Kier alpha value is -3.81. The van der Waals surface area contributed by atoms with Crippen molar-refractivity contribution in [3.05, 3.63) is 53.1 Å². The summed E-state index contributed by atoms with van der Waals surface area (Å²) in [6, 6.07) is 9.58. The standard InChI is InChI=1S/C24H26N2O6/c1-6-14(2)16-7-9-17(10-8-16)26-23(28)18(22(27)25-24(26)29)11-15-12-19(30-3)21(32-5)20(13-15)31-4/h7-14H,6H2,1-5H3,(H,25,27,29)/b18-11-/t14-/m0/s1. The molecule has 1 heterocycles. The number of hydrogen-bond acceptors (Lipinski definition) is 6. The van der Waals surface area contributed by atoms with E-state index >= 15 is 0 Å². The number of ether oxygens (including phenoxy) is 3. The first-order valence-electron chi connectivity index (χ1n) is 10.2. The van der Waals surface area contributed by atoms with Crippen molar-refractivity contribution in [1.82, 2.24) is 5.32 Å². The number of urea groups is 1. The summed E-state index contributed by atoms with van der Waals surface area (Å²) in [6.45, 7) is 4.19. The highest BCUT2D eigenvalue weighted by molar-refractivity contribution is 6.39. The SMILES string of the molecule is CC[C@H](C)c1ccc(N2C(=O)NC(=O)/C(=C/c3cc(OC)c(OC)c(OC)c3)C2=O)cc1. The van der Waals surface area contributed by atoms with Crippen LogP contribution in [-0.4, -0.2) is 39.2 Å². The molecule has 0 radical (unpaired) electrons. The number of methoxy groups -OCH3 is 3. The van der Waals surface area contributed by atoms with Gasteiger partial charge in [-0.2, -0.15) is 0 Å². The van der Waals surface area contributed by atoms with E-state index in [0.29, 0.717) is 34.4 Å². The summed E-state index contributed by atoms with van der Waals surface area (Å²) in [5.74, 6) is -0.0151. The van der Waals surface area contributed by atoms with E-state index in [2.05, 4.69) is 19.2 Å². The Kier molecular flexibility index (Phi) is 6.82. The number of imide groups is 2. The molecule has 1 N–H and O–H groups in total. The molecular formula is C24H26N2O6. The van der Waals surface area contributed by atoms with Crippen LogP contribution in [0.1, 0.15) is 37.3 Å². The zero-order chi connectivity index (χ0) is 23.4. The Morgan fingerprint density at radius 3 is 2.06 bits per heavy atom. The van der Waals surface area contributed by atoms with Crippen LogP contribution in [0.25, 0.3) is 6.08 Å². The number of hydrogen-bond donors (Lipinski definition) is 1. The molecule has 8 heteroatoms. The Labute approximate surface area is 186 Å². The van der Waals surface area contributed by atoms with Crippen LogP contribution in [0.5, 0.6) is 17.2 Å². The average Bonchev–Trinajstić information content (AvgIpc) is 2.80. The van der Waals surface area contributed by atoms with Gasteiger partial charge in [0.2, 0.25) is 5.75 Å². The highest BCUT2D eigenvalue weighted by Crippen LogP contribution is 2.39. The molecule has 1 aliphatic heterocycles. The first-order chi connectivity index (χ1) is 15.3. The lowest BCUT2D eigenvalue weighted by molar-refractivity contribution is -0.122. The van der Waals surface area contributed by atoms with E-state index in [0.717, 1.165) is 16.9 Å². The number of rotatable bonds is 7. The monoisotopic (exact) mass is 438 g/mol. The zero-order valence-electron chi connectivity index (χ0n) is 18.7. The van der Waals surface area contributed by atoms with Gasteiger partial charge in [-0.25, -0.2) is 9.69 Å². The number of barbiturate groups is 1. The number of benzene rings is 2. The Morgan fingerprint density at radius 1 is 0.969 bits per heavy atom. The average molecular weight is 438 g/mol. The molecule has 0 saturated carbocycles. The van der Waals surface area contributed by atoms with Gasteiger partial charge >= 0.3 is 6.03 Å². The van der Waals surface area contributed by atoms with E-state index in [9.17, 15) is 14.4 Å². The highest BCUT2D eigenvalue weighted by Gasteiger charge is 2.37. The zero-order valence-corrected chi connectivity index (χ0v) is 18.7. The minimum Gasteiger partial charge on any atom is -0.493 e. The van der Waals surface area contributed by atoms with Crippen molar-refractivity contribution in [3.8, 4) is 17.2 Å². The number of nitrogens with one attached hydrogen (secondary N) is 1. The minimum atomic E-state index is -0.793. The van der Waals surface area contributed by atoms with E-state index in [1.807, 2.05) is 12.1 Å². The number of anilines is 1. The third kappa shape index (κ3) is 4.30. The van der Waals surface area contributed by atoms with Crippen molar-refractivity contribution >= 4 is 29.6 Å². The molecule has 32 heavy (non-hydrogen) atoms. The second-order valence-electron chi connectivity index (χ2n) is 7.32. The lowest BCUT2D eigenvalue weighted by atomic mass is 9.98. The van der Waals surface area contributed by atoms with Crippen LogP contribution in [0.15, 0.2) is 42.0 Å². The minimum absolute atomic E-state index is 0.190. The molecule has 168 valence electrons. The van der Waals surface area contributed by atoms with Crippen LogP contribution >= 0.6 is 0 Å². The fourth-order valence-corrected chi connectivity index (χ4v) is 3.43. The fraction of sp³-hybridized carbons (Fsp3) is 0.292. The maximum Gasteiger partial charge on any atom is 0.335 e. The van der Waals surface area contributed by atoms with Crippen LogP contribution < -0.4 is 24.4 Å². The van der Waals surface area contributed by atoms with Crippen molar-refractivity contribution in [1.29, 1.82) is 0 Å². The third-order valence-electron chi connectivity index (χ3n) is 5.43. The van der Waals surface area contributed by atoms with Crippen LogP contribution in [0, 0.1) is 0 Å². The van der Waals surface area contributed by atoms with Gasteiger partial charge in [0.25, 0.3) is 11.8 Å². The molecule has 1 fully saturated rings. The van der Waals surface area contributed by atoms with Gasteiger partial charge in [0.1, 0.15) is 5.57 Å². The number of carbonyl (C=O) groups is 3. The molecule has 8 nitrogen and oxygen atoms in total. The van der Waals surface area contributed by atoms with Gasteiger partial charge in [-0.3, -0.25) is 14.9 Å². The lowest BCUT2D eigenvalue weighted by Crippen LogP contribution is -2.54. The van der Waals surface area contributed by atoms with Gasteiger partial charge in [-0.05, 0) is 53.8 Å². The van der Waals surface area contributed by atoms with Crippen molar-refractivity contribution in [2.24, 2.45) is 0 Å². The third-order valence-corrected chi connectivity index (χ3v) is 5.43. The molecule has 4 amide bonds. The molecule has 2 aromatic carbocycles. The Morgan fingerprint density at radius 2 is 1.56 bits per heavy atom. The summed E-state index contributed by atoms with van der Waals surface area (Å²) < 4.78 is 15.9. The van der Waals surface area contributed by atoms with Gasteiger partial charge in [0.05, 0.1) is 27.0 Å². The predicted molar refractivity (Wildman–Crippen MR) is 120 cm³/mol. The normalized spacial score (nSPS) is 16.1. The topological polar surface area (TPSA) is 94.2 Å². The second kappa shape index (κ2) is 9.55. The summed E-state index contributed by atoms with van der Waals surface area (Å²) in [4.78, 5) is 39.0. The summed E-state index contributed by atoms with van der Waals surface area (Å²) >= 11 is 0. The van der Waals surface area contributed by atoms with Crippen molar-refractivity contribution in [2.45, 2.75) is 26.2 Å². The molecule has 0 aliphatic carbocycles. The first kappa shape index (κ1) is 22.9. The number of nitrogens with zero attached hydrogens (tertiary/aromatic N) is 1. The van der Waals surface area contributed by atoms with E-state index in [-0.39, 0.29) is 5.57 Å². The molecule has 1 aliphatic rings.